The van der Waals surface area contributed by atoms with E-state index in [1.54, 1.807) is 0 Å². The van der Waals surface area contributed by atoms with Crippen molar-refractivity contribution in [3.63, 3.8) is 0 Å². The molecule has 0 amide bonds. The summed E-state index contributed by atoms with van der Waals surface area (Å²) in [7, 11) is -3.22. The highest BCUT2D eigenvalue weighted by Crippen LogP contribution is 2.58. The minimum absolute atomic E-state index is 0.368. The van der Waals surface area contributed by atoms with E-state index in [0.29, 0.717) is 11.9 Å². The Bertz CT molecular complexity index is 870. The SMILES string of the molecule is CCOP(=O)(c1ccc(Br)cc1)C(Nc1ccccc1)c1ccccc1. The minimum Gasteiger partial charge on any atom is -0.370 e. The van der Waals surface area contributed by atoms with Gasteiger partial charge in [-0.3, -0.25) is 4.57 Å². The van der Waals surface area contributed by atoms with E-state index in [4.69, 9.17) is 4.52 Å². The molecule has 0 aliphatic rings. The molecule has 0 radical (unpaired) electrons. The van der Waals surface area contributed by atoms with Crippen LogP contribution in [0.5, 0.6) is 0 Å². The van der Waals surface area contributed by atoms with Crippen LogP contribution < -0.4 is 10.6 Å². The Morgan fingerprint density at radius 1 is 0.923 bits per heavy atom. The highest BCUT2D eigenvalue weighted by atomic mass is 79.9. The molecule has 0 saturated heterocycles. The maximum Gasteiger partial charge on any atom is 0.258 e. The molecule has 0 spiro atoms. The average Bonchev–Trinajstić information content (AvgIpc) is 2.68. The Labute approximate surface area is 163 Å². The van der Waals surface area contributed by atoms with Gasteiger partial charge < -0.3 is 9.84 Å². The van der Waals surface area contributed by atoms with Gasteiger partial charge in [0.2, 0.25) is 0 Å². The highest BCUT2D eigenvalue weighted by molar-refractivity contribution is 9.10. The van der Waals surface area contributed by atoms with Crippen LogP contribution in [-0.4, -0.2) is 6.61 Å². The van der Waals surface area contributed by atoms with Crippen molar-refractivity contribution in [3.8, 4) is 0 Å². The van der Waals surface area contributed by atoms with Gasteiger partial charge in [-0.15, -0.1) is 0 Å². The van der Waals surface area contributed by atoms with E-state index in [1.807, 2.05) is 91.9 Å². The van der Waals surface area contributed by atoms with Gasteiger partial charge in [-0.1, -0.05) is 64.5 Å². The normalized spacial score (nSPS) is 14.4. The number of halogens is 1. The molecule has 1 N–H and O–H groups in total. The summed E-state index contributed by atoms with van der Waals surface area (Å²) in [6, 6.07) is 27.1. The number of hydrogen-bond donors (Lipinski definition) is 1. The number of nitrogens with one attached hydrogen (secondary N) is 1. The second-order valence-corrected chi connectivity index (χ2v) is 9.22. The van der Waals surface area contributed by atoms with E-state index in [9.17, 15) is 4.57 Å². The van der Waals surface area contributed by atoms with Crippen LogP contribution in [0.15, 0.2) is 89.4 Å². The van der Waals surface area contributed by atoms with Crippen LogP contribution in [0.4, 0.5) is 5.69 Å². The first-order valence-corrected chi connectivity index (χ1v) is 11.0. The van der Waals surface area contributed by atoms with Gasteiger partial charge in [0.25, 0.3) is 7.37 Å². The smallest absolute Gasteiger partial charge is 0.258 e. The topological polar surface area (TPSA) is 38.3 Å². The van der Waals surface area contributed by atoms with Crippen molar-refractivity contribution in [2.75, 3.05) is 11.9 Å². The van der Waals surface area contributed by atoms with Gasteiger partial charge in [-0.2, -0.15) is 0 Å². The summed E-state index contributed by atoms with van der Waals surface area (Å²) in [5, 5.41) is 4.13. The lowest BCUT2D eigenvalue weighted by atomic mass is 10.2. The van der Waals surface area contributed by atoms with Crippen LogP contribution in [0.25, 0.3) is 0 Å². The Hall–Kier alpha value is -1.87. The van der Waals surface area contributed by atoms with Crippen molar-refractivity contribution in [1.82, 2.24) is 0 Å². The van der Waals surface area contributed by atoms with Crippen LogP contribution in [0.3, 0.4) is 0 Å². The van der Waals surface area contributed by atoms with Crippen LogP contribution in [0, 0.1) is 0 Å². The average molecular weight is 430 g/mol. The second kappa shape index (κ2) is 8.68. The fourth-order valence-electron chi connectivity index (χ4n) is 2.83. The zero-order chi connectivity index (χ0) is 18.4. The second-order valence-electron chi connectivity index (χ2n) is 5.81. The van der Waals surface area contributed by atoms with Crippen LogP contribution in [-0.2, 0) is 9.09 Å². The summed E-state index contributed by atoms with van der Waals surface area (Å²) >= 11 is 3.44. The van der Waals surface area contributed by atoms with E-state index in [0.717, 1.165) is 15.7 Å². The van der Waals surface area contributed by atoms with E-state index in [2.05, 4.69) is 21.2 Å². The van der Waals surface area contributed by atoms with E-state index >= 15 is 0 Å². The molecule has 3 aromatic rings. The van der Waals surface area contributed by atoms with Crippen molar-refractivity contribution < 1.29 is 9.09 Å². The number of para-hydroxylation sites is 1. The molecule has 2 unspecified atom stereocenters. The molecule has 0 saturated carbocycles. The summed E-state index contributed by atoms with van der Waals surface area (Å²) in [4.78, 5) is 0. The summed E-state index contributed by atoms with van der Waals surface area (Å²) in [5.41, 5.74) is 1.83. The van der Waals surface area contributed by atoms with Gasteiger partial charge >= 0.3 is 0 Å². The molecule has 3 nitrogen and oxygen atoms in total. The third-order valence-electron chi connectivity index (χ3n) is 4.04. The van der Waals surface area contributed by atoms with Gasteiger partial charge in [0, 0.05) is 15.5 Å². The first kappa shape index (κ1) is 18.9. The van der Waals surface area contributed by atoms with Crippen molar-refractivity contribution in [2.45, 2.75) is 12.7 Å². The first-order chi connectivity index (χ1) is 12.6. The fourth-order valence-corrected chi connectivity index (χ4v) is 5.52. The van der Waals surface area contributed by atoms with E-state index in [-0.39, 0.29) is 0 Å². The Balaban J connectivity index is 2.10. The molecule has 26 heavy (non-hydrogen) atoms. The summed E-state index contributed by atoms with van der Waals surface area (Å²) in [6.07, 6.45) is 0. The zero-order valence-corrected chi connectivity index (χ0v) is 17.0. The summed E-state index contributed by atoms with van der Waals surface area (Å²) in [5.74, 6) is -0.479. The highest BCUT2D eigenvalue weighted by Gasteiger charge is 2.37. The maximum atomic E-state index is 14.1. The molecular weight excluding hydrogens is 409 g/mol. The molecule has 3 rings (SSSR count). The number of hydrogen-bond acceptors (Lipinski definition) is 3. The van der Waals surface area contributed by atoms with Crippen molar-refractivity contribution in [2.24, 2.45) is 0 Å². The monoisotopic (exact) mass is 429 g/mol. The predicted molar refractivity (Wildman–Crippen MR) is 112 cm³/mol. The zero-order valence-electron chi connectivity index (χ0n) is 14.5. The van der Waals surface area contributed by atoms with Gasteiger partial charge in [-0.25, -0.2) is 0 Å². The van der Waals surface area contributed by atoms with E-state index < -0.39 is 13.2 Å². The van der Waals surface area contributed by atoms with Gasteiger partial charge in [-0.05, 0) is 48.9 Å². The molecule has 0 aliphatic heterocycles. The third-order valence-corrected chi connectivity index (χ3v) is 7.34. The van der Waals surface area contributed by atoms with Gasteiger partial charge in [0.1, 0.15) is 5.78 Å². The molecule has 5 heteroatoms. The number of rotatable bonds is 7. The molecule has 0 heterocycles. The predicted octanol–water partition coefficient (Wildman–Crippen LogP) is 6.20. The first-order valence-electron chi connectivity index (χ1n) is 8.50. The minimum atomic E-state index is -3.22. The van der Waals surface area contributed by atoms with Crippen molar-refractivity contribution in [1.29, 1.82) is 0 Å². The lowest BCUT2D eigenvalue weighted by molar-refractivity contribution is 0.335. The van der Waals surface area contributed by atoms with Gasteiger partial charge in [0.15, 0.2) is 0 Å². The van der Waals surface area contributed by atoms with Crippen molar-refractivity contribution in [3.05, 3.63) is 95.0 Å². The molecule has 3 aromatic carbocycles. The lowest BCUT2D eigenvalue weighted by Gasteiger charge is -2.29. The van der Waals surface area contributed by atoms with Crippen molar-refractivity contribution >= 4 is 34.3 Å². The fraction of sp³-hybridized carbons (Fsp3) is 0.143. The van der Waals surface area contributed by atoms with Crippen LogP contribution in [0.1, 0.15) is 18.3 Å². The molecule has 134 valence electrons. The maximum absolute atomic E-state index is 14.1. The summed E-state index contributed by atoms with van der Waals surface area (Å²) < 4.78 is 21.0. The van der Waals surface area contributed by atoms with Crippen LogP contribution >= 0.6 is 23.3 Å². The molecule has 2 atom stereocenters. The number of benzene rings is 3. The standard InChI is InChI=1S/C21H21BrNO2P/c1-2-25-26(24,20-15-13-18(22)14-16-20)21(17-9-5-3-6-10-17)23-19-11-7-4-8-12-19/h3-16,21,23H,2H2,1H3. The van der Waals surface area contributed by atoms with E-state index in [1.165, 1.54) is 0 Å². The lowest BCUT2D eigenvalue weighted by Crippen LogP contribution is -2.20. The molecular formula is C21H21BrNO2P. The molecule has 0 fully saturated rings. The molecule has 0 bridgehead atoms. The van der Waals surface area contributed by atoms with Crippen LogP contribution in [0.2, 0.25) is 0 Å². The Morgan fingerprint density at radius 2 is 1.50 bits per heavy atom. The van der Waals surface area contributed by atoms with Gasteiger partial charge in [0.05, 0.1) is 6.61 Å². The molecule has 0 aromatic heterocycles. The third kappa shape index (κ3) is 4.27. The number of anilines is 1. The summed E-state index contributed by atoms with van der Waals surface area (Å²) in [6.45, 7) is 2.24. The Kier molecular flexibility index (Phi) is 6.31. The quantitative estimate of drug-likeness (QED) is 0.454. The Morgan fingerprint density at radius 3 is 2.08 bits per heavy atom. The largest absolute Gasteiger partial charge is 0.370 e. The molecule has 0 aliphatic carbocycles.